The van der Waals surface area contributed by atoms with Gasteiger partial charge in [0.2, 0.25) is 0 Å². The van der Waals surface area contributed by atoms with Crippen molar-refractivity contribution in [1.82, 2.24) is 29.5 Å². The maximum absolute atomic E-state index is 12.7. The number of fused-ring (bicyclic) bond motifs is 1. The summed E-state index contributed by atoms with van der Waals surface area (Å²) in [6, 6.07) is 13.1. The Morgan fingerprint density at radius 1 is 1.11 bits per heavy atom. The third kappa shape index (κ3) is 4.40. The molecule has 226 valence electrons. The third-order valence-electron chi connectivity index (χ3n) is 9.60. The molecule has 4 fully saturated rings. The van der Waals surface area contributed by atoms with Crippen LogP contribution in [0.25, 0.3) is 22.3 Å². The first-order chi connectivity index (χ1) is 21.2. The maximum Gasteiger partial charge on any atom is 0.320 e. The number of aromatic nitrogens is 4. The minimum Gasteiger partial charge on any atom is -0.389 e. The van der Waals surface area contributed by atoms with Crippen molar-refractivity contribution < 1.29 is 9.90 Å². The van der Waals surface area contributed by atoms with Gasteiger partial charge >= 0.3 is 6.03 Å². The van der Waals surface area contributed by atoms with Crippen LogP contribution in [0.3, 0.4) is 0 Å². The van der Waals surface area contributed by atoms with Crippen LogP contribution in [0.15, 0.2) is 30.3 Å². The van der Waals surface area contributed by atoms with E-state index in [0.717, 1.165) is 89.9 Å². The number of thiazole rings is 1. The van der Waals surface area contributed by atoms with Crippen molar-refractivity contribution in [2.45, 2.75) is 45.3 Å². The number of urea groups is 1. The number of benzene rings is 1. The molecular formula is C32H35N9O2S. The molecule has 2 amide bonds. The quantitative estimate of drug-likeness (QED) is 0.353. The number of hydrogen-bond donors (Lipinski definition) is 1. The van der Waals surface area contributed by atoms with Crippen LogP contribution in [-0.4, -0.2) is 93.1 Å². The molecule has 0 atom stereocenters. The lowest BCUT2D eigenvalue weighted by molar-refractivity contribution is -0.0161. The predicted octanol–water partition coefficient (Wildman–Crippen LogP) is 4.45. The molecule has 8 rings (SSSR count). The van der Waals surface area contributed by atoms with Crippen LogP contribution < -0.4 is 9.80 Å². The van der Waals surface area contributed by atoms with E-state index in [1.807, 2.05) is 43.1 Å². The first-order valence-corrected chi connectivity index (χ1v) is 16.1. The minimum absolute atomic E-state index is 0.0473. The molecule has 1 aliphatic carbocycles. The highest BCUT2D eigenvalue weighted by atomic mass is 32.1. The number of amides is 2. The summed E-state index contributed by atoms with van der Waals surface area (Å²) in [5.41, 5.74) is 5.68. The molecule has 3 aliphatic heterocycles. The Kier molecular flexibility index (Phi) is 6.16. The molecule has 0 unspecified atom stereocenters. The Hall–Kier alpha value is -4.21. The van der Waals surface area contributed by atoms with E-state index in [0.29, 0.717) is 29.7 Å². The second-order valence-electron chi connectivity index (χ2n) is 13.0. The molecule has 6 heterocycles. The van der Waals surface area contributed by atoms with Gasteiger partial charge in [-0.25, -0.2) is 19.4 Å². The van der Waals surface area contributed by atoms with Crippen LogP contribution in [0.4, 0.5) is 21.4 Å². The number of aliphatic hydroxyl groups is 1. The highest BCUT2D eigenvalue weighted by Crippen LogP contribution is 2.46. The molecule has 12 heteroatoms. The van der Waals surface area contributed by atoms with Crippen LogP contribution in [-0.2, 0) is 0 Å². The average molecular weight is 610 g/mol. The maximum atomic E-state index is 12.7. The molecule has 1 spiro atoms. The number of carbonyl (C=O) groups excluding carboxylic acids is 1. The topological polar surface area (TPSA) is 118 Å². The number of aryl methyl sites for hydroxylation is 2. The van der Waals surface area contributed by atoms with E-state index in [4.69, 9.17) is 15.1 Å². The minimum atomic E-state index is -0.381. The van der Waals surface area contributed by atoms with Gasteiger partial charge in [-0.15, -0.1) is 0 Å². The van der Waals surface area contributed by atoms with Crippen molar-refractivity contribution in [3.63, 3.8) is 0 Å². The van der Waals surface area contributed by atoms with Crippen molar-refractivity contribution in [1.29, 1.82) is 5.26 Å². The van der Waals surface area contributed by atoms with Gasteiger partial charge in [-0.3, -0.25) is 0 Å². The zero-order valence-corrected chi connectivity index (χ0v) is 26.0. The van der Waals surface area contributed by atoms with Gasteiger partial charge in [0, 0.05) is 44.2 Å². The zero-order chi connectivity index (χ0) is 30.3. The Labute approximate surface area is 259 Å². The highest BCUT2D eigenvalue weighted by molar-refractivity contribution is 7.16. The van der Waals surface area contributed by atoms with Crippen LogP contribution >= 0.6 is 11.3 Å². The molecule has 44 heavy (non-hydrogen) atoms. The van der Waals surface area contributed by atoms with Gasteiger partial charge in [0.05, 0.1) is 42.0 Å². The molecule has 4 aliphatic rings. The van der Waals surface area contributed by atoms with E-state index in [1.54, 1.807) is 4.90 Å². The molecular weight excluding hydrogens is 574 g/mol. The fourth-order valence-corrected chi connectivity index (χ4v) is 7.81. The molecule has 1 saturated carbocycles. The number of pyridine rings is 1. The molecule has 0 bridgehead atoms. The molecule has 3 saturated heterocycles. The standard InChI is InChI=1S/C32H35N9O2S/c1-19-4-6-21(7-5-19)27-26(13-33)44-30(35-27)37(3)29-24-12-25(20(2)34-28(24)36-41(29)22-8-9-22)38-11-10-32(16-38)17-40(18-32)31(43)39-14-23(42)15-39/h4-7,12,22-23,42H,8-11,14-18H2,1-3H3. The Balaban J connectivity index is 1.10. The fraction of sp³-hybridized carbons (Fsp3) is 0.469. The average Bonchev–Trinajstić information content (AvgIpc) is 3.41. The van der Waals surface area contributed by atoms with Gasteiger partial charge in [0.1, 0.15) is 22.5 Å². The SMILES string of the molecule is Cc1ccc(-c2nc(N(C)c3c4cc(N5CCC6(CN(C(=O)N7CC(O)C7)C6)C5)c(C)nc4nn3C3CC3)sc2C#N)cc1. The number of β-amino-alcohol motifs (C(OH)–C–C–N with tert-alkyl or cyclic N) is 1. The van der Waals surface area contributed by atoms with Gasteiger partial charge in [-0.05, 0) is 39.2 Å². The largest absolute Gasteiger partial charge is 0.389 e. The van der Waals surface area contributed by atoms with Gasteiger partial charge < -0.3 is 24.7 Å². The number of carbonyl (C=O) groups is 1. The van der Waals surface area contributed by atoms with Gasteiger partial charge in [0.25, 0.3) is 0 Å². The molecule has 4 aromatic rings. The normalized spacial score (nSPS) is 19.4. The van der Waals surface area contributed by atoms with Crippen LogP contribution in [0, 0.1) is 30.6 Å². The number of aliphatic hydroxyl groups excluding tert-OH is 1. The number of likely N-dealkylation sites (tertiary alicyclic amines) is 2. The molecule has 0 radical (unpaired) electrons. The lowest BCUT2D eigenvalue weighted by atomic mass is 9.79. The fourth-order valence-electron chi connectivity index (χ4n) is 6.96. The highest BCUT2D eigenvalue weighted by Gasteiger charge is 2.51. The van der Waals surface area contributed by atoms with Crippen LogP contribution in [0.1, 0.15) is 41.4 Å². The van der Waals surface area contributed by atoms with Gasteiger partial charge in [-0.1, -0.05) is 41.2 Å². The summed E-state index contributed by atoms with van der Waals surface area (Å²) in [5, 5.41) is 26.3. The van der Waals surface area contributed by atoms with E-state index in [-0.39, 0.29) is 17.6 Å². The van der Waals surface area contributed by atoms with Crippen molar-refractivity contribution in [2.75, 3.05) is 56.1 Å². The number of nitrogens with zero attached hydrogens (tertiary/aromatic N) is 9. The van der Waals surface area contributed by atoms with Crippen LogP contribution in [0.2, 0.25) is 0 Å². The number of rotatable bonds is 5. The van der Waals surface area contributed by atoms with E-state index in [2.05, 4.69) is 33.5 Å². The van der Waals surface area contributed by atoms with Gasteiger partial charge in [-0.2, -0.15) is 10.4 Å². The van der Waals surface area contributed by atoms with Crippen molar-refractivity contribution in [3.8, 4) is 17.3 Å². The summed E-state index contributed by atoms with van der Waals surface area (Å²) in [6.07, 6.45) is 2.81. The monoisotopic (exact) mass is 609 g/mol. The van der Waals surface area contributed by atoms with Crippen LogP contribution in [0.5, 0.6) is 0 Å². The van der Waals surface area contributed by atoms with Crippen molar-refractivity contribution in [2.24, 2.45) is 5.41 Å². The van der Waals surface area contributed by atoms with E-state index < -0.39 is 0 Å². The number of nitriles is 1. The first-order valence-electron chi connectivity index (χ1n) is 15.3. The Morgan fingerprint density at radius 2 is 1.86 bits per heavy atom. The summed E-state index contributed by atoms with van der Waals surface area (Å²) in [7, 11) is 2.01. The van der Waals surface area contributed by atoms with Crippen molar-refractivity contribution in [3.05, 3.63) is 46.5 Å². The second-order valence-corrected chi connectivity index (χ2v) is 14.0. The number of hydrogen-bond acceptors (Lipinski definition) is 9. The molecule has 1 N–H and O–H groups in total. The van der Waals surface area contributed by atoms with Crippen molar-refractivity contribution >= 4 is 45.0 Å². The number of anilines is 3. The van der Waals surface area contributed by atoms with E-state index in [9.17, 15) is 15.2 Å². The Bertz CT molecular complexity index is 1820. The molecule has 11 nitrogen and oxygen atoms in total. The van der Waals surface area contributed by atoms with Gasteiger partial charge in [0.15, 0.2) is 10.8 Å². The van der Waals surface area contributed by atoms with E-state index >= 15 is 0 Å². The summed E-state index contributed by atoms with van der Waals surface area (Å²) in [4.78, 5) is 31.4. The lowest BCUT2D eigenvalue weighted by Gasteiger charge is -2.51. The second kappa shape index (κ2) is 9.90. The summed E-state index contributed by atoms with van der Waals surface area (Å²) in [6.45, 7) is 8.30. The Morgan fingerprint density at radius 3 is 2.55 bits per heavy atom. The smallest absolute Gasteiger partial charge is 0.320 e. The summed E-state index contributed by atoms with van der Waals surface area (Å²) in [5.74, 6) is 0.955. The predicted molar refractivity (Wildman–Crippen MR) is 169 cm³/mol. The molecule has 1 aromatic carbocycles. The summed E-state index contributed by atoms with van der Waals surface area (Å²) >= 11 is 1.40. The molecule has 3 aromatic heterocycles. The third-order valence-corrected chi connectivity index (χ3v) is 10.6. The zero-order valence-electron chi connectivity index (χ0n) is 25.2. The summed E-state index contributed by atoms with van der Waals surface area (Å²) < 4.78 is 2.10. The first kappa shape index (κ1) is 27.3. The van der Waals surface area contributed by atoms with E-state index in [1.165, 1.54) is 11.3 Å². The lowest BCUT2D eigenvalue weighted by Crippen LogP contribution is -2.66.